The summed E-state index contributed by atoms with van der Waals surface area (Å²) in [7, 11) is 0. The highest BCUT2D eigenvalue weighted by Crippen LogP contribution is 2.07. The maximum atomic E-state index is 11.8. The van der Waals surface area contributed by atoms with Crippen LogP contribution in [0, 0.1) is 0 Å². The van der Waals surface area contributed by atoms with E-state index in [2.05, 4.69) is 10.6 Å². The van der Waals surface area contributed by atoms with Gasteiger partial charge in [-0.1, -0.05) is 0 Å². The van der Waals surface area contributed by atoms with Gasteiger partial charge in [0.2, 0.25) is 5.91 Å². The monoisotopic (exact) mass is 298 g/mol. The molecule has 7 heteroatoms. The molecule has 1 atom stereocenters. The molecule has 0 aromatic rings. The van der Waals surface area contributed by atoms with Crippen LogP contribution in [0.5, 0.6) is 0 Å². The van der Waals surface area contributed by atoms with Crippen molar-refractivity contribution in [1.29, 1.82) is 0 Å². The first-order valence-electron chi connectivity index (χ1n) is 7.18. The number of carbonyl (C=O) groups is 3. The SMILES string of the molecule is CCOC(=O)C(=CN[C@@H]1CCCCNC1=O)C(=O)OCC. The lowest BCUT2D eigenvalue weighted by molar-refractivity contribution is -0.146. The molecule has 0 bridgehead atoms. The van der Waals surface area contributed by atoms with Gasteiger partial charge >= 0.3 is 11.9 Å². The first kappa shape index (κ1) is 17.0. The van der Waals surface area contributed by atoms with E-state index in [9.17, 15) is 14.4 Å². The van der Waals surface area contributed by atoms with E-state index in [1.54, 1.807) is 13.8 Å². The summed E-state index contributed by atoms with van der Waals surface area (Å²) in [6.07, 6.45) is 3.65. The van der Waals surface area contributed by atoms with Gasteiger partial charge in [-0.05, 0) is 33.1 Å². The Kier molecular flexibility index (Phi) is 7.28. The standard InChI is InChI=1S/C14H22N2O5/c1-3-20-13(18)10(14(19)21-4-2)9-16-11-7-5-6-8-15-12(11)17/h9,11,16H,3-8H2,1-2H3,(H,15,17)/t11-/m1/s1. The fraction of sp³-hybridized carbons (Fsp3) is 0.643. The van der Waals surface area contributed by atoms with Crippen molar-refractivity contribution in [3.63, 3.8) is 0 Å². The van der Waals surface area contributed by atoms with Crippen molar-refractivity contribution in [2.24, 2.45) is 0 Å². The summed E-state index contributed by atoms with van der Waals surface area (Å²) in [6, 6.07) is -0.466. The van der Waals surface area contributed by atoms with Crippen LogP contribution in [0.4, 0.5) is 0 Å². The van der Waals surface area contributed by atoms with Crippen LogP contribution in [-0.2, 0) is 23.9 Å². The van der Waals surface area contributed by atoms with Crippen molar-refractivity contribution in [1.82, 2.24) is 10.6 Å². The largest absolute Gasteiger partial charge is 0.462 e. The molecular weight excluding hydrogens is 276 g/mol. The molecule has 0 aliphatic carbocycles. The van der Waals surface area contributed by atoms with Gasteiger partial charge in [-0.25, -0.2) is 9.59 Å². The van der Waals surface area contributed by atoms with E-state index < -0.39 is 18.0 Å². The Hall–Kier alpha value is -2.05. The van der Waals surface area contributed by atoms with Crippen LogP contribution in [0.15, 0.2) is 11.8 Å². The Bertz CT molecular complexity index is 400. The number of esters is 2. The molecule has 1 aliphatic heterocycles. The molecule has 7 nitrogen and oxygen atoms in total. The Labute approximate surface area is 124 Å². The summed E-state index contributed by atoms with van der Waals surface area (Å²) < 4.78 is 9.63. The van der Waals surface area contributed by atoms with Gasteiger partial charge in [0.15, 0.2) is 5.57 Å². The molecule has 1 heterocycles. The lowest BCUT2D eigenvalue weighted by atomic mass is 10.1. The molecule has 0 spiro atoms. The molecule has 0 radical (unpaired) electrons. The highest BCUT2D eigenvalue weighted by molar-refractivity contribution is 6.14. The average Bonchev–Trinajstić information content (AvgIpc) is 2.65. The normalized spacial score (nSPS) is 18.0. The first-order chi connectivity index (χ1) is 10.1. The second-order valence-corrected chi connectivity index (χ2v) is 4.51. The van der Waals surface area contributed by atoms with E-state index >= 15 is 0 Å². The maximum Gasteiger partial charge on any atom is 0.347 e. The third-order valence-electron chi connectivity index (χ3n) is 2.95. The van der Waals surface area contributed by atoms with Gasteiger partial charge in [0.1, 0.15) is 6.04 Å². The number of rotatable bonds is 6. The van der Waals surface area contributed by atoms with Gasteiger partial charge in [-0.15, -0.1) is 0 Å². The van der Waals surface area contributed by atoms with Crippen LogP contribution in [0.25, 0.3) is 0 Å². The quantitative estimate of drug-likeness (QED) is 0.316. The first-order valence-corrected chi connectivity index (χ1v) is 7.18. The van der Waals surface area contributed by atoms with Crippen molar-refractivity contribution in [2.75, 3.05) is 19.8 Å². The Morgan fingerprint density at radius 1 is 1.24 bits per heavy atom. The molecule has 118 valence electrons. The smallest absolute Gasteiger partial charge is 0.347 e. The van der Waals surface area contributed by atoms with Crippen molar-refractivity contribution in [3.8, 4) is 0 Å². The molecular formula is C14H22N2O5. The average molecular weight is 298 g/mol. The van der Waals surface area contributed by atoms with Gasteiger partial charge in [-0.3, -0.25) is 4.79 Å². The van der Waals surface area contributed by atoms with E-state index in [0.29, 0.717) is 13.0 Å². The summed E-state index contributed by atoms with van der Waals surface area (Å²) in [5.74, 6) is -1.68. The minimum Gasteiger partial charge on any atom is -0.462 e. The summed E-state index contributed by atoms with van der Waals surface area (Å²) in [4.78, 5) is 35.3. The second-order valence-electron chi connectivity index (χ2n) is 4.51. The predicted molar refractivity (Wildman–Crippen MR) is 75.1 cm³/mol. The topological polar surface area (TPSA) is 93.7 Å². The van der Waals surface area contributed by atoms with Crippen molar-refractivity contribution in [3.05, 3.63) is 11.8 Å². The molecule has 1 amide bonds. The van der Waals surface area contributed by atoms with Gasteiger partial charge in [0.05, 0.1) is 13.2 Å². The zero-order valence-corrected chi connectivity index (χ0v) is 12.4. The van der Waals surface area contributed by atoms with E-state index in [-0.39, 0.29) is 24.7 Å². The highest BCUT2D eigenvalue weighted by atomic mass is 16.6. The summed E-state index contributed by atoms with van der Waals surface area (Å²) >= 11 is 0. The molecule has 1 saturated heterocycles. The third kappa shape index (κ3) is 5.45. The van der Waals surface area contributed by atoms with Crippen LogP contribution in [0.2, 0.25) is 0 Å². The molecule has 2 N–H and O–H groups in total. The number of carbonyl (C=O) groups excluding carboxylic acids is 3. The predicted octanol–water partition coefficient (Wildman–Crippen LogP) is 0.255. The maximum absolute atomic E-state index is 11.8. The number of amides is 1. The fourth-order valence-corrected chi connectivity index (χ4v) is 1.90. The van der Waals surface area contributed by atoms with Gasteiger partial charge < -0.3 is 20.1 Å². The van der Waals surface area contributed by atoms with Gasteiger partial charge in [0.25, 0.3) is 0 Å². The molecule has 0 saturated carbocycles. The van der Waals surface area contributed by atoms with Crippen LogP contribution in [0.1, 0.15) is 33.1 Å². The van der Waals surface area contributed by atoms with Crippen molar-refractivity contribution < 1.29 is 23.9 Å². The molecule has 0 unspecified atom stereocenters. The Morgan fingerprint density at radius 2 is 1.86 bits per heavy atom. The molecule has 0 aromatic carbocycles. The molecule has 0 aromatic heterocycles. The lowest BCUT2D eigenvalue weighted by Crippen LogP contribution is -2.41. The number of nitrogens with one attached hydrogen (secondary N) is 2. The summed E-state index contributed by atoms with van der Waals surface area (Å²) in [6.45, 7) is 4.24. The number of ether oxygens (including phenoxy) is 2. The summed E-state index contributed by atoms with van der Waals surface area (Å²) in [5, 5.41) is 5.58. The zero-order chi connectivity index (χ0) is 15.7. The van der Waals surface area contributed by atoms with E-state index in [1.807, 2.05) is 0 Å². The number of hydrogen-bond donors (Lipinski definition) is 2. The lowest BCUT2D eigenvalue weighted by Gasteiger charge is -2.14. The van der Waals surface area contributed by atoms with E-state index in [4.69, 9.17) is 9.47 Å². The molecule has 21 heavy (non-hydrogen) atoms. The molecule has 1 rings (SSSR count). The zero-order valence-electron chi connectivity index (χ0n) is 12.4. The Balaban J connectivity index is 2.78. The minimum absolute atomic E-state index is 0.143. The third-order valence-corrected chi connectivity index (χ3v) is 2.95. The molecule has 1 aliphatic rings. The number of hydrogen-bond acceptors (Lipinski definition) is 6. The van der Waals surface area contributed by atoms with Crippen molar-refractivity contribution in [2.45, 2.75) is 39.2 Å². The Morgan fingerprint density at radius 3 is 2.43 bits per heavy atom. The highest BCUT2D eigenvalue weighted by Gasteiger charge is 2.24. The van der Waals surface area contributed by atoms with E-state index in [0.717, 1.165) is 12.8 Å². The minimum atomic E-state index is -0.766. The van der Waals surface area contributed by atoms with E-state index in [1.165, 1.54) is 6.20 Å². The van der Waals surface area contributed by atoms with Crippen LogP contribution in [0.3, 0.4) is 0 Å². The van der Waals surface area contributed by atoms with Crippen molar-refractivity contribution >= 4 is 17.8 Å². The summed E-state index contributed by atoms with van der Waals surface area (Å²) in [5.41, 5.74) is -0.240. The fourth-order valence-electron chi connectivity index (χ4n) is 1.90. The van der Waals surface area contributed by atoms with Gasteiger partial charge in [-0.2, -0.15) is 0 Å². The van der Waals surface area contributed by atoms with Crippen LogP contribution < -0.4 is 10.6 Å². The van der Waals surface area contributed by atoms with Crippen LogP contribution >= 0.6 is 0 Å². The second kappa shape index (κ2) is 8.99. The van der Waals surface area contributed by atoms with Gasteiger partial charge in [0, 0.05) is 12.7 Å². The van der Waals surface area contributed by atoms with Crippen LogP contribution in [-0.4, -0.2) is 43.6 Å². The molecule has 1 fully saturated rings.